The van der Waals surface area contributed by atoms with Gasteiger partial charge in [-0.2, -0.15) is 0 Å². The maximum atomic E-state index is 14.2. The van der Waals surface area contributed by atoms with Crippen LogP contribution in [0.1, 0.15) is 5.56 Å². The summed E-state index contributed by atoms with van der Waals surface area (Å²) in [5.41, 5.74) is 5.66. The molecule has 0 saturated carbocycles. The number of nitrogens with zero attached hydrogens (tertiary/aromatic N) is 4. The van der Waals surface area contributed by atoms with Crippen LogP contribution < -0.4 is 0 Å². The first-order valence-corrected chi connectivity index (χ1v) is 15.7. The van der Waals surface area contributed by atoms with Crippen molar-refractivity contribution in [1.29, 1.82) is 0 Å². The third-order valence-electron chi connectivity index (χ3n) is 6.19. The number of aromatic nitrogens is 3. The molecule has 5 rings (SSSR count). The Morgan fingerprint density at radius 3 is 2.50 bits per heavy atom. The summed E-state index contributed by atoms with van der Waals surface area (Å²) in [6.07, 6.45) is 7.47. The van der Waals surface area contributed by atoms with Crippen molar-refractivity contribution in [2.24, 2.45) is 4.99 Å². The van der Waals surface area contributed by atoms with Crippen LogP contribution in [-0.2, 0) is 11.5 Å². The van der Waals surface area contributed by atoms with Crippen LogP contribution >= 0.6 is 0 Å². The highest BCUT2D eigenvalue weighted by atomic mass is 28.3. The number of pyridine rings is 1. The number of hydrogen-bond acceptors (Lipinski definition) is 4. The fourth-order valence-electron chi connectivity index (χ4n) is 4.16. The molecule has 0 N–H and O–H groups in total. The summed E-state index contributed by atoms with van der Waals surface area (Å²) in [5, 5.41) is 0.961. The summed E-state index contributed by atoms with van der Waals surface area (Å²) in [4.78, 5) is 13.5. The lowest BCUT2D eigenvalue weighted by Gasteiger charge is -2.16. The molecule has 0 aliphatic carbocycles. The van der Waals surface area contributed by atoms with Crippen molar-refractivity contribution >= 4 is 30.8 Å². The Balaban J connectivity index is 1.54. The Kier molecular flexibility index (Phi) is 6.64. The second kappa shape index (κ2) is 9.87. The van der Waals surface area contributed by atoms with Crippen molar-refractivity contribution < 1.29 is 13.5 Å². The summed E-state index contributed by atoms with van der Waals surface area (Å²) in [5.74, 6) is -1.78. The number of fused-ring (bicyclic) bond motifs is 1. The van der Waals surface area contributed by atoms with Crippen molar-refractivity contribution in [3.05, 3.63) is 78.3 Å². The zero-order chi connectivity index (χ0) is 25.3. The van der Waals surface area contributed by atoms with Gasteiger partial charge in [0, 0.05) is 49.2 Å². The summed E-state index contributed by atoms with van der Waals surface area (Å²) >= 11 is 0. The minimum absolute atomic E-state index is 0.276. The van der Waals surface area contributed by atoms with Crippen LogP contribution in [0.3, 0.4) is 0 Å². The highest BCUT2D eigenvalue weighted by molar-refractivity contribution is 6.76. The zero-order valence-electron chi connectivity index (χ0n) is 20.6. The van der Waals surface area contributed by atoms with Gasteiger partial charge in [-0.1, -0.05) is 31.8 Å². The molecule has 1 aliphatic heterocycles. The lowest BCUT2D eigenvalue weighted by atomic mass is 10.0. The molecule has 0 bridgehead atoms. The number of halogens is 2. The van der Waals surface area contributed by atoms with Crippen molar-refractivity contribution in [3.8, 4) is 22.5 Å². The molecule has 4 aromatic rings. The molecule has 0 saturated heterocycles. The first-order chi connectivity index (χ1) is 17.3. The maximum Gasteiger partial charge on any atom is 0.159 e. The van der Waals surface area contributed by atoms with Gasteiger partial charge in [0.1, 0.15) is 6.73 Å². The first-order valence-electron chi connectivity index (χ1n) is 12.0. The number of benzene rings is 2. The van der Waals surface area contributed by atoms with E-state index in [1.54, 1.807) is 12.4 Å². The van der Waals surface area contributed by atoms with Crippen LogP contribution in [0.15, 0.2) is 66.1 Å². The van der Waals surface area contributed by atoms with Gasteiger partial charge in [-0.05, 0) is 48.0 Å². The molecule has 0 atom stereocenters. The molecule has 0 radical (unpaired) electrons. The molecule has 3 heterocycles. The van der Waals surface area contributed by atoms with E-state index in [4.69, 9.17) is 4.74 Å². The molecule has 1 aliphatic rings. The number of aliphatic imine (C=N–C) groups is 1. The van der Waals surface area contributed by atoms with Crippen LogP contribution in [0.4, 0.5) is 8.78 Å². The monoisotopic (exact) mass is 502 g/mol. The van der Waals surface area contributed by atoms with Gasteiger partial charge in [-0.3, -0.25) is 9.98 Å². The van der Waals surface area contributed by atoms with Crippen LogP contribution in [0, 0.1) is 11.6 Å². The van der Waals surface area contributed by atoms with E-state index < -0.39 is 19.7 Å². The molecule has 2 aromatic carbocycles. The van der Waals surface area contributed by atoms with E-state index in [0.29, 0.717) is 30.1 Å². The second-order valence-electron chi connectivity index (χ2n) is 10.2. The van der Waals surface area contributed by atoms with Crippen molar-refractivity contribution in [2.75, 3.05) is 13.2 Å². The fraction of sp³-hybridized carbons (Fsp3) is 0.250. The Morgan fingerprint density at radius 2 is 1.75 bits per heavy atom. The summed E-state index contributed by atoms with van der Waals surface area (Å²) in [6.45, 7) is 8.50. The van der Waals surface area contributed by atoms with Gasteiger partial charge in [0.2, 0.25) is 0 Å². The molecular weight excluding hydrogens is 474 g/mol. The van der Waals surface area contributed by atoms with E-state index in [1.807, 2.05) is 35.2 Å². The second-order valence-corrected chi connectivity index (χ2v) is 15.8. The smallest absolute Gasteiger partial charge is 0.159 e. The average molecular weight is 503 g/mol. The zero-order valence-corrected chi connectivity index (χ0v) is 21.6. The quantitative estimate of drug-likeness (QED) is 0.196. The minimum atomic E-state index is -1.23. The fourth-order valence-corrected chi connectivity index (χ4v) is 4.92. The molecule has 0 amide bonds. The number of rotatable bonds is 8. The highest BCUT2D eigenvalue weighted by Gasteiger charge is 2.18. The molecule has 2 aromatic heterocycles. The van der Waals surface area contributed by atoms with Crippen LogP contribution in [-0.4, -0.2) is 42.0 Å². The maximum absolute atomic E-state index is 14.2. The molecule has 0 fully saturated rings. The van der Waals surface area contributed by atoms with Crippen LogP contribution in [0.2, 0.25) is 25.7 Å². The van der Waals surface area contributed by atoms with Crippen molar-refractivity contribution in [3.63, 3.8) is 0 Å². The number of ether oxygens (including phenoxy) is 1. The standard InChI is InChI=1S/C28H28F2N4OSi/c1-36(2,3)11-10-35-18-34-17-33-27(28(34)20-4-6-24(29)25(30)14-20)19-5-7-26-22(12-19)13-23(16-32-26)21-8-9-31-15-21/h4-8,12-17H,9-11,18H2,1-3H3. The molecule has 0 spiro atoms. The van der Waals surface area contributed by atoms with E-state index in [0.717, 1.165) is 39.7 Å². The SMILES string of the molecule is C[Si](C)(C)CCOCn1cnc(-c2ccc3ncc(C4=CCN=C4)cc3c2)c1-c1ccc(F)c(F)c1. The largest absolute Gasteiger partial charge is 0.361 e. The van der Waals surface area contributed by atoms with Gasteiger partial charge in [0.05, 0.1) is 29.8 Å². The molecule has 184 valence electrons. The molecule has 5 nitrogen and oxygen atoms in total. The normalized spacial score (nSPS) is 13.5. The van der Waals surface area contributed by atoms with Gasteiger partial charge in [-0.15, -0.1) is 0 Å². The highest BCUT2D eigenvalue weighted by Crippen LogP contribution is 2.34. The Morgan fingerprint density at radius 1 is 0.944 bits per heavy atom. The topological polar surface area (TPSA) is 52.3 Å². The Bertz CT molecular complexity index is 1490. The summed E-state index contributed by atoms with van der Waals surface area (Å²) in [6, 6.07) is 13.0. The van der Waals surface area contributed by atoms with Gasteiger partial charge in [0.15, 0.2) is 11.6 Å². The van der Waals surface area contributed by atoms with Gasteiger partial charge in [0.25, 0.3) is 0 Å². The summed E-state index contributed by atoms with van der Waals surface area (Å²) < 4.78 is 35.8. The molecule has 36 heavy (non-hydrogen) atoms. The van der Waals surface area contributed by atoms with E-state index in [9.17, 15) is 8.78 Å². The number of hydrogen-bond donors (Lipinski definition) is 0. The third kappa shape index (κ3) is 5.19. The predicted molar refractivity (Wildman–Crippen MR) is 144 cm³/mol. The van der Waals surface area contributed by atoms with Crippen molar-refractivity contribution in [2.45, 2.75) is 32.4 Å². The number of imidazole rings is 1. The average Bonchev–Trinajstić information content (AvgIpc) is 3.53. The Labute approximate surface area is 210 Å². The van der Waals surface area contributed by atoms with E-state index >= 15 is 0 Å². The van der Waals surface area contributed by atoms with Crippen LogP contribution in [0.5, 0.6) is 0 Å². The minimum Gasteiger partial charge on any atom is -0.361 e. The van der Waals surface area contributed by atoms with E-state index in [-0.39, 0.29) is 6.73 Å². The van der Waals surface area contributed by atoms with Crippen LogP contribution in [0.25, 0.3) is 39.0 Å². The molecule has 0 unspecified atom stereocenters. The first kappa shape index (κ1) is 24.2. The summed E-state index contributed by atoms with van der Waals surface area (Å²) in [7, 11) is -1.23. The molecular formula is C28H28F2N4OSi. The van der Waals surface area contributed by atoms with Crippen molar-refractivity contribution in [1.82, 2.24) is 14.5 Å². The van der Waals surface area contributed by atoms with E-state index in [2.05, 4.69) is 46.7 Å². The third-order valence-corrected chi connectivity index (χ3v) is 7.90. The Hall–Kier alpha value is -3.49. The van der Waals surface area contributed by atoms with Gasteiger partial charge < -0.3 is 9.30 Å². The predicted octanol–water partition coefficient (Wildman–Crippen LogP) is 6.82. The van der Waals surface area contributed by atoms with E-state index in [1.165, 1.54) is 6.07 Å². The van der Waals surface area contributed by atoms with Gasteiger partial charge >= 0.3 is 0 Å². The molecule has 8 heteroatoms. The van der Waals surface area contributed by atoms with Gasteiger partial charge in [-0.25, -0.2) is 13.8 Å². The lowest BCUT2D eigenvalue weighted by Crippen LogP contribution is -2.22. The lowest BCUT2D eigenvalue weighted by molar-refractivity contribution is 0.0882. The number of allylic oxidation sites excluding steroid dienone is 1.